The molecule has 1 fully saturated rings. The van der Waals surface area contributed by atoms with E-state index in [1.807, 2.05) is 0 Å². The van der Waals surface area contributed by atoms with Crippen LogP contribution in [0.5, 0.6) is 5.75 Å². The summed E-state index contributed by atoms with van der Waals surface area (Å²) in [6.45, 7) is 2.74. The number of hydrogen-bond donors (Lipinski definition) is 2. The minimum absolute atomic E-state index is 0.0355. The number of benzene rings is 1. The van der Waals surface area contributed by atoms with Gasteiger partial charge in [-0.15, -0.1) is 0 Å². The average Bonchev–Trinajstić information content (AvgIpc) is 2.40. The van der Waals surface area contributed by atoms with Crippen LogP contribution in [0, 0.1) is 5.82 Å². The van der Waals surface area contributed by atoms with Crippen molar-refractivity contribution in [2.24, 2.45) is 0 Å². The van der Waals surface area contributed by atoms with E-state index in [0.29, 0.717) is 5.56 Å². The van der Waals surface area contributed by atoms with Gasteiger partial charge in [-0.2, -0.15) is 0 Å². The first-order valence-corrected chi connectivity index (χ1v) is 6.21. The summed E-state index contributed by atoms with van der Waals surface area (Å²) < 4.78 is 26.0. The number of nitrogens with one attached hydrogen (secondary N) is 1. The highest BCUT2D eigenvalue weighted by Crippen LogP contribution is 2.32. The Hall–Kier alpha value is -1.20. The third kappa shape index (κ3) is 2.97. The Labute approximate surface area is 105 Å². The first-order valence-electron chi connectivity index (χ1n) is 6.21. The molecule has 1 saturated heterocycles. The standard InChI is InChI=1S/C13H18F2N2O/c14-4-3-12(17-7-5-16-6-8-17)11-9-10(15)1-2-13(11)18/h1-2,9,12,16,18H,3-8H2/t12-/m0/s1. The molecule has 1 aliphatic heterocycles. The quantitative estimate of drug-likeness (QED) is 0.863. The third-order valence-electron chi connectivity index (χ3n) is 3.32. The van der Waals surface area contributed by atoms with Crippen LogP contribution in [0.4, 0.5) is 8.78 Å². The van der Waals surface area contributed by atoms with Gasteiger partial charge in [0.1, 0.15) is 11.6 Å². The molecule has 0 radical (unpaired) electrons. The predicted octanol–water partition coefficient (Wildman–Crippen LogP) is 1.84. The normalized spacial score (nSPS) is 18.8. The van der Waals surface area contributed by atoms with Crippen LogP contribution in [0.15, 0.2) is 18.2 Å². The predicted molar refractivity (Wildman–Crippen MR) is 65.8 cm³/mol. The van der Waals surface area contributed by atoms with Crippen molar-refractivity contribution in [3.05, 3.63) is 29.6 Å². The van der Waals surface area contributed by atoms with Crippen LogP contribution in [-0.4, -0.2) is 42.9 Å². The van der Waals surface area contributed by atoms with Crippen LogP contribution in [-0.2, 0) is 0 Å². The summed E-state index contributed by atoms with van der Waals surface area (Å²) in [4.78, 5) is 2.09. The molecule has 1 aromatic rings. The van der Waals surface area contributed by atoms with Gasteiger partial charge < -0.3 is 10.4 Å². The number of phenolic OH excluding ortho intramolecular Hbond substituents is 1. The highest BCUT2D eigenvalue weighted by molar-refractivity contribution is 5.35. The Kier molecular flexibility index (Phi) is 4.49. The first-order chi connectivity index (χ1) is 8.72. The molecule has 0 aromatic heterocycles. The smallest absolute Gasteiger partial charge is 0.123 e. The monoisotopic (exact) mass is 256 g/mol. The maximum absolute atomic E-state index is 13.3. The van der Waals surface area contributed by atoms with Gasteiger partial charge in [-0.25, -0.2) is 4.39 Å². The minimum atomic E-state index is -0.482. The molecule has 5 heteroatoms. The number of rotatable bonds is 4. The van der Waals surface area contributed by atoms with Gasteiger partial charge in [0.05, 0.1) is 6.67 Å². The second-order valence-corrected chi connectivity index (χ2v) is 4.48. The second-order valence-electron chi connectivity index (χ2n) is 4.48. The zero-order valence-electron chi connectivity index (χ0n) is 10.2. The zero-order valence-corrected chi connectivity index (χ0v) is 10.2. The SMILES string of the molecule is Oc1ccc(F)cc1[C@H](CCF)N1CCNCC1. The molecule has 0 spiro atoms. The molecule has 100 valence electrons. The molecule has 0 unspecified atom stereocenters. The molecule has 1 aliphatic rings. The van der Waals surface area contributed by atoms with Crippen molar-refractivity contribution >= 4 is 0 Å². The van der Waals surface area contributed by atoms with Gasteiger partial charge in [-0.3, -0.25) is 9.29 Å². The fourth-order valence-corrected chi connectivity index (χ4v) is 2.42. The molecule has 0 bridgehead atoms. The van der Waals surface area contributed by atoms with Crippen molar-refractivity contribution in [1.29, 1.82) is 0 Å². The maximum Gasteiger partial charge on any atom is 0.123 e. The van der Waals surface area contributed by atoms with Crippen LogP contribution in [0.2, 0.25) is 0 Å². The summed E-state index contributed by atoms with van der Waals surface area (Å²) >= 11 is 0. The summed E-state index contributed by atoms with van der Waals surface area (Å²) in [5.74, 6) is -0.366. The summed E-state index contributed by atoms with van der Waals surface area (Å²) in [6.07, 6.45) is 0.275. The van der Waals surface area contributed by atoms with E-state index in [-0.39, 0.29) is 18.2 Å². The van der Waals surface area contributed by atoms with Crippen LogP contribution in [0.1, 0.15) is 18.0 Å². The number of alkyl halides is 1. The molecule has 0 aliphatic carbocycles. The molecule has 3 nitrogen and oxygen atoms in total. The van der Waals surface area contributed by atoms with Gasteiger partial charge >= 0.3 is 0 Å². The molecule has 2 N–H and O–H groups in total. The number of halogens is 2. The van der Waals surface area contributed by atoms with E-state index < -0.39 is 12.5 Å². The molecule has 2 rings (SSSR count). The maximum atomic E-state index is 13.3. The number of aromatic hydroxyl groups is 1. The van der Waals surface area contributed by atoms with Crippen LogP contribution < -0.4 is 5.32 Å². The summed E-state index contributed by atoms with van der Waals surface area (Å²) in [5.41, 5.74) is 0.481. The lowest BCUT2D eigenvalue weighted by atomic mass is 10.0. The molecule has 1 aromatic carbocycles. The third-order valence-corrected chi connectivity index (χ3v) is 3.32. The number of phenols is 1. The van der Waals surface area contributed by atoms with Crippen molar-refractivity contribution in [3.63, 3.8) is 0 Å². The lowest BCUT2D eigenvalue weighted by molar-refractivity contribution is 0.155. The molecule has 0 saturated carbocycles. The minimum Gasteiger partial charge on any atom is -0.508 e. The Morgan fingerprint density at radius 3 is 2.72 bits per heavy atom. The van der Waals surface area contributed by atoms with E-state index in [9.17, 15) is 13.9 Å². The van der Waals surface area contributed by atoms with Crippen LogP contribution >= 0.6 is 0 Å². The van der Waals surface area contributed by atoms with E-state index >= 15 is 0 Å². The van der Waals surface area contributed by atoms with Crippen molar-refractivity contribution in [1.82, 2.24) is 10.2 Å². The summed E-state index contributed by atoms with van der Waals surface area (Å²) in [6, 6.07) is 3.59. The topological polar surface area (TPSA) is 35.5 Å². The van der Waals surface area contributed by atoms with Crippen molar-refractivity contribution in [3.8, 4) is 5.75 Å². The molecular weight excluding hydrogens is 238 g/mol. The number of hydrogen-bond acceptors (Lipinski definition) is 3. The molecule has 1 heterocycles. The molecule has 1 atom stereocenters. The second kappa shape index (κ2) is 6.11. The van der Waals surface area contributed by atoms with Crippen molar-refractivity contribution < 1.29 is 13.9 Å². The largest absolute Gasteiger partial charge is 0.508 e. The summed E-state index contributed by atoms with van der Waals surface area (Å²) in [5, 5.41) is 13.0. The van der Waals surface area contributed by atoms with E-state index in [2.05, 4.69) is 10.2 Å². The molecular formula is C13H18F2N2O. The van der Waals surface area contributed by atoms with E-state index in [4.69, 9.17) is 0 Å². The van der Waals surface area contributed by atoms with Crippen LogP contribution in [0.3, 0.4) is 0 Å². The lowest BCUT2D eigenvalue weighted by Crippen LogP contribution is -2.45. The fraction of sp³-hybridized carbons (Fsp3) is 0.538. The van der Waals surface area contributed by atoms with Gasteiger partial charge in [0.25, 0.3) is 0 Å². The molecule has 0 amide bonds. The van der Waals surface area contributed by atoms with Gasteiger partial charge in [-0.1, -0.05) is 0 Å². The Bertz CT molecular complexity index is 395. The Balaban J connectivity index is 2.24. The average molecular weight is 256 g/mol. The fourth-order valence-electron chi connectivity index (χ4n) is 2.42. The highest BCUT2D eigenvalue weighted by atomic mass is 19.1. The lowest BCUT2D eigenvalue weighted by Gasteiger charge is -2.35. The van der Waals surface area contributed by atoms with Gasteiger partial charge in [0.15, 0.2) is 0 Å². The summed E-state index contributed by atoms with van der Waals surface area (Å²) in [7, 11) is 0. The van der Waals surface area contributed by atoms with Gasteiger partial charge in [0, 0.05) is 37.8 Å². The Morgan fingerprint density at radius 1 is 1.33 bits per heavy atom. The van der Waals surface area contributed by atoms with E-state index in [1.54, 1.807) is 0 Å². The first kappa shape index (κ1) is 13.2. The Morgan fingerprint density at radius 2 is 2.06 bits per heavy atom. The highest BCUT2D eigenvalue weighted by Gasteiger charge is 2.24. The zero-order chi connectivity index (χ0) is 13.0. The number of piperazine rings is 1. The van der Waals surface area contributed by atoms with E-state index in [1.165, 1.54) is 18.2 Å². The number of nitrogens with zero attached hydrogens (tertiary/aromatic N) is 1. The van der Waals surface area contributed by atoms with Crippen molar-refractivity contribution in [2.75, 3.05) is 32.9 Å². The van der Waals surface area contributed by atoms with Crippen molar-refractivity contribution in [2.45, 2.75) is 12.5 Å². The van der Waals surface area contributed by atoms with Gasteiger partial charge in [-0.05, 0) is 24.6 Å². The van der Waals surface area contributed by atoms with Crippen LogP contribution in [0.25, 0.3) is 0 Å². The van der Waals surface area contributed by atoms with Gasteiger partial charge in [0.2, 0.25) is 0 Å². The van der Waals surface area contributed by atoms with E-state index in [0.717, 1.165) is 26.2 Å². The molecule has 18 heavy (non-hydrogen) atoms.